The molecule has 27 heavy (non-hydrogen) atoms. The van der Waals surface area contributed by atoms with Gasteiger partial charge in [0.2, 0.25) is 15.9 Å². The summed E-state index contributed by atoms with van der Waals surface area (Å²) in [7, 11) is -2.09. The molecule has 7 nitrogen and oxygen atoms in total. The highest BCUT2D eigenvalue weighted by Gasteiger charge is 2.21. The van der Waals surface area contributed by atoms with Crippen molar-refractivity contribution in [3.05, 3.63) is 48.0 Å². The Bertz CT molecular complexity index is 912. The molecule has 3 N–H and O–H groups in total. The number of sulfonamides is 1. The number of carbonyl (C=O) groups excluding carboxylic acids is 1. The number of primary sulfonamides is 1. The van der Waals surface area contributed by atoms with E-state index in [0.29, 0.717) is 18.7 Å². The van der Waals surface area contributed by atoms with E-state index in [1.807, 2.05) is 12.1 Å². The standard InChI is InChI=1S/C19H23N3O4S/c1-26-17-6-2-4-14-5-3-12-22(19(14)17)13-11-18(23)21-15-7-9-16(10-8-15)27(20,24)25/h2,4,6-10H,3,5,11-13H2,1H3,(H,21,23)(H2,20,24,25). The predicted molar refractivity (Wildman–Crippen MR) is 105 cm³/mol. The van der Waals surface area contributed by atoms with Gasteiger partial charge in [-0.05, 0) is 48.7 Å². The molecule has 2 aromatic carbocycles. The number of para-hydroxylation sites is 1. The number of benzene rings is 2. The molecule has 0 saturated carbocycles. The quantitative estimate of drug-likeness (QED) is 0.788. The number of hydrogen-bond acceptors (Lipinski definition) is 5. The highest BCUT2D eigenvalue weighted by Crippen LogP contribution is 2.36. The number of nitrogens with one attached hydrogen (secondary N) is 1. The average Bonchev–Trinajstić information content (AvgIpc) is 2.65. The molecule has 3 rings (SSSR count). The molecule has 1 aliphatic rings. The normalized spacial score (nSPS) is 13.8. The van der Waals surface area contributed by atoms with Crippen LogP contribution >= 0.6 is 0 Å². The van der Waals surface area contributed by atoms with Gasteiger partial charge in [0, 0.05) is 25.2 Å². The zero-order valence-corrected chi connectivity index (χ0v) is 16.0. The zero-order chi connectivity index (χ0) is 19.4. The van der Waals surface area contributed by atoms with Gasteiger partial charge in [-0.2, -0.15) is 0 Å². The number of hydrogen-bond donors (Lipinski definition) is 2. The van der Waals surface area contributed by atoms with Gasteiger partial charge in [-0.15, -0.1) is 0 Å². The molecule has 144 valence electrons. The number of anilines is 2. The van der Waals surface area contributed by atoms with Crippen LogP contribution in [-0.4, -0.2) is 34.5 Å². The lowest BCUT2D eigenvalue weighted by Crippen LogP contribution is -2.32. The maximum atomic E-state index is 12.3. The summed E-state index contributed by atoms with van der Waals surface area (Å²) in [5.41, 5.74) is 2.83. The Balaban J connectivity index is 1.62. The molecule has 0 bridgehead atoms. The molecule has 0 radical (unpaired) electrons. The van der Waals surface area contributed by atoms with Gasteiger partial charge < -0.3 is 15.0 Å². The van der Waals surface area contributed by atoms with Crippen molar-refractivity contribution < 1.29 is 17.9 Å². The zero-order valence-electron chi connectivity index (χ0n) is 15.1. The molecule has 0 fully saturated rings. The molecule has 0 unspecified atom stereocenters. The summed E-state index contributed by atoms with van der Waals surface area (Å²) in [6.45, 7) is 1.46. The largest absolute Gasteiger partial charge is 0.495 e. The van der Waals surface area contributed by atoms with Gasteiger partial charge in [-0.3, -0.25) is 4.79 Å². The van der Waals surface area contributed by atoms with E-state index in [9.17, 15) is 13.2 Å². The molecule has 1 amide bonds. The lowest BCUT2D eigenvalue weighted by Gasteiger charge is -2.32. The van der Waals surface area contributed by atoms with Crippen LogP contribution in [0.1, 0.15) is 18.4 Å². The third kappa shape index (κ3) is 4.58. The number of aryl methyl sites for hydroxylation is 1. The molecule has 8 heteroatoms. The number of amides is 1. The SMILES string of the molecule is COc1cccc2c1N(CCC(=O)Nc1ccc(S(N)(=O)=O)cc1)CCC2. The van der Waals surface area contributed by atoms with E-state index in [0.717, 1.165) is 30.8 Å². The summed E-state index contributed by atoms with van der Waals surface area (Å²) in [4.78, 5) is 14.5. The fraction of sp³-hybridized carbons (Fsp3) is 0.316. The molecule has 0 aliphatic carbocycles. The van der Waals surface area contributed by atoms with E-state index in [2.05, 4.69) is 16.3 Å². The third-order valence-corrected chi connectivity index (χ3v) is 5.50. The number of nitrogens with zero attached hydrogens (tertiary/aromatic N) is 1. The van der Waals surface area contributed by atoms with E-state index in [1.165, 1.54) is 29.8 Å². The van der Waals surface area contributed by atoms with Crippen molar-refractivity contribution in [2.45, 2.75) is 24.2 Å². The van der Waals surface area contributed by atoms with Crippen molar-refractivity contribution in [1.29, 1.82) is 0 Å². The first-order valence-corrected chi connectivity index (χ1v) is 10.3. The highest BCUT2D eigenvalue weighted by atomic mass is 32.2. The Hall–Kier alpha value is -2.58. The molecule has 1 aliphatic heterocycles. The smallest absolute Gasteiger partial charge is 0.238 e. The molecule has 0 spiro atoms. The van der Waals surface area contributed by atoms with Crippen molar-refractivity contribution in [3.8, 4) is 5.75 Å². The van der Waals surface area contributed by atoms with Crippen LogP contribution in [0.3, 0.4) is 0 Å². The summed E-state index contributed by atoms with van der Waals surface area (Å²) in [5.74, 6) is 0.687. The average molecular weight is 389 g/mol. The Morgan fingerprint density at radius 2 is 1.96 bits per heavy atom. The monoisotopic (exact) mass is 389 g/mol. The van der Waals surface area contributed by atoms with E-state index < -0.39 is 10.0 Å². The van der Waals surface area contributed by atoms with Crippen LogP contribution in [0.4, 0.5) is 11.4 Å². The predicted octanol–water partition coefficient (Wildman–Crippen LogP) is 2.12. The van der Waals surface area contributed by atoms with Crippen molar-refractivity contribution in [2.75, 3.05) is 30.4 Å². The number of rotatable bonds is 6. The minimum atomic E-state index is -3.74. The second-order valence-corrected chi connectivity index (χ2v) is 7.99. The maximum absolute atomic E-state index is 12.3. The van der Waals surface area contributed by atoms with Crippen LogP contribution in [-0.2, 0) is 21.2 Å². The van der Waals surface area contributed by atoms with Crippen LogP contribution in [0.2, 0.25) is 0 Å². The first-order chi connectivity index (χ1) is 12.9. The van der Waals surface area contributed by atoms with Gasteiger partial charge in [-0.1, -0.05) is 12.1 Å². The van der Waals surface area contributed by atoms with Gasteiger partial charge in [0.25, 0.3) is 0 Å². The summed E-state index contributed by atoms with van der Waals surface area (Å²) in [6, 6.07) is 11.8. The summed E-state index contributed by atoms with van der Waals surface area (Å²) >= 11 is 0. The first kappa shape index (κ1) is 19.2. The minimum absolute atomic E-state index is 0.0116. The van der Waals surface area contributed by atoms with Gasteiger partial charge in [-0.25, -0.2) is 13.6 Å². The van der Waals surface area contributed by atoms with E-state index in [1.54, 1.807) is 7.11 Å². The third-order valence-electron chi connectivity index (χ3n) is 4.57. The molecule has 0 aromatic heterocycles. The molecule has 0 atom stereocenters. The van der Waals surface area contributed by atoms with E-state index >= 15 is 0 Å². The highest BCUT2D eigenvalue weighted by molar-refractivity contribution is 7.89. The van der Waals surface area contributed by atoms with Crippen LogP contribution in [0, 0.1) is 0 Å². The second-order valence-electron chi connectivity index (χ2n) is 6.43. The van der Waals surface area contributed by atoms with Gasteiger partial charge in [0.1, 0.15) is 5.75 Å². The number of ether oxygens (including phenoxy) is 1. The number of methoxy groups -OCH3 is 1. The van der Waals surface area contributed by atoms with Gasteiger partial charge >= 0.3 is 0 Å². The lowest BCUT2D eigenvalue weighted by atomic mass is 10.0. The number of fused-ring (bicyclic) bond motifs is 1. The molecule has 1 heterocycles. The van der Waals surface area contributed by atoms with Crippen LogP contribution in [0.5, 0.6) is 5.75 Å². The Labute approximate surface area is 159 Å². The molecular formula is C19H23N3O4S. The van der Waals surface area contributed by atoms with E-state index in [4.69, 9.17) is 9.88 Å². The topological polar surface area (TPSA) is 102 Å². The van der Waals surface area contributed by atoms with Crippen molar-refractivity contribution in [2.24, 2.45) is 5.14 Å². The minimum Gasteiger partial charge on any atom is -0.495 e. The van der Waals surface area contributed by atoms with Gasteiger partial charge in [0.15, 0.2) is 0 Å². The summed E-state index contributed by atoms with van der Waals surface area (Å²) in [5, 5.41) is 7.85. The molecule has 0 saturated heterocycles. The summed E-state index contributed by atoms with van der Waals surface area (Å²) < 4.78 is 28.0. The first-order valence-electron chi connectivity index (χ1n) is 8.72. The molecule has 2 aromatic rings. The lowest BCUT2D eigenvalue weighted by molar-refractivity contribution is -0.116. The molecular weight excluding hydrogens is 366 g/mol. The Kier molecular flexibility index (Phi) is 5.67. The fourth-order valence-electron chi connectivity index (χ4n) is 3.28. The fourth-order valence-corrected chi connectivity index (χ4v) is 3.79. The Morgan fingerprint density at radius 1 is 1.22 bits per heavy atom. The van der Waals surface area contributed by atoms with Crippen molar-refractivity contribution in [1.82, 2.24) is 0 Å². The van der Waals surface area contributed by atoms with Crippen LogP contribution in [0.15, 0.2) is 47.4 Å². The maximum Gasteiger partial charge on any atom is 0.238 e. The van der Waals surface area contributed by atoms with E-state index in [-0.39, 0.29) is 10.8 Å². The number of nitrogens with two attached hydrogens (primary N) is 1. The van der Waals surface area contributed by atoms with Gasteiger partial charge in [0.05, 0.1) is 17.7 Å². The number of carbonyl (C=O) groups is 1. The summed E-state index contributed by atoms with van der Waals surface area (Å²) in [6.07, 6.45) is 2.36. The second kappa shape index (κ2) is 7.98. The van der Waals surface area contributed by atoms with Crippen molar-refractivity contribution in [3.63, 3.8) is 0 Å². The van der Waals surface area contributed by atoms with Crippen LogP contribution < -0.4 is 20.1 Å². The van der Waals surface area contributed by atoms with Crippen molar-refractivity contribution >= 4 is 27.3 Å². The Morgan fingerprint density at radius 3 is 2.63 bits per heavy atom. The van der Waals surface area contributed by atoms with Crippen LogP contribution in [0.25, 0.3) is 0 Å².